The summed E-state index contributed by atoms with van der Waals surface area (Å²) < 4.78 is 4.76. The minimum Gasteiger partial charge on any atom is -0.383 e. The molecule has 0 aromatic carbocycles. The van der Waals surface area contributed by atoms with Crippen molar-refractivity contribution in [3.8, 4) is 0 Å². The Labute approximate surface area is 79.1 Å². The van der Waals surface area contributed by atoms with Crippen LogP contribution in [0, 0.1) is 0 Å². The molecule has 4 nitrogen and oxygen atoms in total. The maximum Gasteiger partial charge on any atom is 0.239 e. The zero-order valence-corrected chi connectivity index (χ0v) is 8.25. The molecule has 0 spiro atoms. The predicted molar refractivity (Wildman–Crippen MR) is 52.3 cm³/mol. The minimum atomic E-state index is -0.586. The van der Waals surface area contributed by atoms with Crippen molar-refractivity contribution in [3.63, 3.8) is 0 Å². The van der Waals surface area contributed by atoms with Crippen LogP contribution in [0.1, 0.15) is 13.3 Å². The zero-order valence-electron chi connectivity index (χ0n) is 8.25. The Morgan fingerprint density at radius 2 is 2.38 bits per heavy atom. The summed E-state index contributed by atoms with van der Waals surface area (Å²) in [6.07, 6.45) is 2.50. The van der Waals surface area contributed by atoms with E-state index in [0.717, 1.165) is 6.42 Å². The lowest BCUT2D eigenvalue weighted by Gasteiger charge is -2.15. The Morgan fingerprint density at radius 3 is 2.85 bits per heavy atom. The molecule has 0 aliphatic heterocycles. The molecule has 0 aromatic heterocycles. The van der Waals surface area contributed by atoms with Crippen molar-refractivity contribution in [3.05, 3.63) is 12.7 Å². The number of carbonyl (C=O) groups excluding carboxylic acids is 1. The van der Waals surface area contributed by atoms with Gasteiger partial charge in [-0.15, -0.1) is 6.58 Å². The van der Waals surface area contributed by atoms with Crippen LogP contribution in [0.4, 0.5) is 0 Å². The highest BCUT2D eigenvalue weighted by atomic mass is 16.5. The van der Waals surface area contributed by atoms with Gasteiger partial charge in [0.05, 0.1) is 6.61 Å². The first-order chi connectivity index (χ1) is 6.11. The van der Waals surface area contributed by atoms with Crippen LogP contribution in [-0.2, 0) is 9.53 Å². The average Bonchev–Trinajstić information content (AvgIpc) is 2.05. The second-order valence-electron chi connectivity index (χ2n) is 3.00. The molecule has 13 heavy (non-hydrogen) atoms. The Bertz CT molecular complexity index is 171. The minimum absolute atomic E-state index is 0.0768. The maximum atomic E-state index is 11.3. The number of carbonyl (C=O) groups is 1. The van der Waals surface area contributed by atoms with Gasteiger partial charge < -0.3 is 15.8 Å². The first-order valence-electron chi connectivity index (χ1n) is 4.27. The van der Waals surface area contributed by atoms with Crippen LogP contribution in [0.5, 0.6) is 0 Å². The molecule has 0 saturated carbocycles. The first kappa shape index (κ1) is 12.1. The monoisotopic (exact) mass is 186 g/mol. The van der Waals surface area contributed by atoms with E-state index < -0.39 is 6.04 Å². The quantitative estimate of drug-likeness (QED) is 0.576. The number of nitrogens with one attached hydrogen (secondary N) is 1. The van der Waals surface area contributed by atoms with Crippen LogP contribution in [0.15, 0.2) is 12.7 Å². The van der Waals surface area contributed by atoms with Crippen LogP contribution < -0.4 is 11.1 Å². The molecule has 0 aliphatic rings. The number of hydrogen-bond acceptors (Lipinski definition) is 3. The molecule has 0 saturated heterocycles. The lowest BCUT2D eigenvalue weighted by atomic mass is 10.2. The topological polar surface area (TPSA) is 64.4 Å². The van der Waals surface area contributed by atoms with Crippen molar-refractivity contribution in [1.82, 2.24) is 5.32 Å². The van der Waals surface area contributed by atoms with E-state index in [9.17, 15) is 4.79 Å². The van der Waals surface area contributed by atoms with Crippen LogP contribution >= 0.6 is 0 Å². The predicted octanol–water partition coefficient (Wildman–Crippen LogP) is 0.0409. The van der Waals surface area contributed by atoms with E-state index in [0.29, 0.717) is 0 Å². The average molecular weight is 186 g/mol. The lowest BCUT2D eigenvalue weighted by molar-refractivity contribution is -0.124. The molecule has 1 amide bonds. The number of hydrogen-bond donors (Lipinski definition) is 2. The normalized spacial score (nSPS) is 14.7. The summed E-state index contributed by atoms with van der Waals surface area (Å²) in [4.78, 5) is 11.3. The highest BCUT2D eigenvalue weighted by Gasteiger charge is 2.14. The number of methoxy groups -OCH3 is 1. The van der Waals surface area contributed by atoms with Crippen molar-refractivity contribution >= 4 is 5.91 Å². The van der Waals surface area contributed by atoms with E-state index in [4.69, 9.17) is 10.5 Å². The maximum absolute atomic E-state index is 11.3. The van der Waals surface area contributed by atoms with Crippen molar-refractivity contribution in [1.29, 1.82) is 0 Å². The van der Waals surface area contributed by atoms with E-state index >= 15 is 0 Å². The zero-order chi connectivity index (χ0) is 10.3. The molecule has 3 N–H and O–H groups in total. The molecule has 0 radical (unpaired) electrons. The van der Waals surface area contributed by atoms with Crippen LogP contribution in [-0.4, -0.2) is 31.7 Å². The van der Waals surface area contributed by atoms with E-state index in [-0.39, 0.29) is 18.6 Å². The van der Waals surface area contributed by atoms with Gasteiger partial charge in [0.15, 0.2) is 0 Å². The van der Waals surface area contributed by atoms with Crippen LogP contribution in [0.3, 0.4) is 0 Å². The Balaban J connectivity index is 3.77. The fourth-order valence-electron chi connectivity index (χ4n) is 0.914. The van der Waals surface area contributed by atoms with E-state index in [1.54, 1.807) is 6.08 Å². The van der Waals surface area contributed by atoms with Crippen molar-refractivity contribution in [2.24, 2.45) is 5.73 Å². The van der Waals surface area contributed by atoms with E-state index in [1.165, 1.54) is 7.11 Å². The Kier molecular flexibility index (Phi) is 6.18. The third kappa shape index (κ3) is 5.38. The summed E-state index contributed by atoms with van der Waals surface area (Å²) in [6, 6.07) is -0.509. The van der Waals surface area contributed by atoms with Crippen LogP contribution in [0.2, 0.25) is 0 Å². The SMILES string of the molecule is C=CCC(C)NC(=O)C(N)COC. The first-order valence-corrected chi connectivity index (χ1v) is 4.27. The molecule has 0 bridgehead atoms. The molecular formula is C9H18N2O2. The van der Waals surface area contributed by atoms with Gasteiger partial charge >= 0.3 is 0 Å². The van der Waals surface area contributed by atoms with Crippen molar-refractivity contribution in [2.75, 3.05) is 13.7 Å². The summed E-state index contributed by atoms with van der Waals surface area (Å²) >= 11 is 0. The molecule has 4 heteroatoms. The fraction of sp³-hybridized carbons (Fsp3) is 0.667. The summed E-state index contributed by atoms with van der Waals surface area (Å²) in [5.74, 6) is -0.184. The second-order valence-corrected chi connectivity index (χ2v) is 3.00. The van der Waals surface area contributed by atoms with Gasteiger partial charge in [0.1, 0.15) is 6.04 Å². The van der Waals surface area contributed by atoms with Gasteiger partial charge in [0.25, 0.3) is 0 Å². The highest BCUT2D eigenvalue weighted by Crippen LogP contribution is 1.91. The number of ether oxygens (including phenoxy) is 1. The summed E-state index contributed by atoms with van der Waals surface area (Å²) in [7, 11) is 1.51. The molecule has 0 fully saturated rings. The summed E-state index contributed by atoms with van der Waals surface area (Å²) in [5, 5.41) is 2.75. The molecule has 2 atom stereocenters. The molecule has 0 heterocycles. The third-order valence-electron chi connectivity index (χ3n) is 1.59. The number of nitrogens with two attached hydrogens (primary N) is 1. The van der Waals surface area contributed by atoms with Crippen molar-refractivity contribution < 1.29 is 9.53 Å². The van der Waals surface area contributed by atoms with Gasteiger partial charge in [-0.05, 0) is 13.3 Å². The van der Waals surface area contributed by atoms with Gasteiger partial charge in [-0.25, -0.2) is 0 Å². The smallest absolute Gasteiger partial charge is 0.239 e. The molecule has 0 rings (SSSR count). The van der Waals surface area contributed by atoms with Gasteiger partial charge in [-0.3, -0.25) is 4.79 Å². The van der Waals surface area contributed by atoms with Crippen molar-refractivity contribution in [2.45, 2.75) is 25.4 Å². The fourth-order valence-corrected chi connectivity index (χ4v) is 0.914. The van der Waals surface area contributed by atoms with E-state index in [1.807, 2.05) is 6.92 Å². The summed E-state index contributed by atoms with van der Waals surface area (Å²) in [5.41, 5.74) is 5.51. The molecule has 76 valence electrons. The largest absolute Gasteiger partial charge is 0.383 e. The van der Waals surface area contributed by atoms with Gasteiger partial charge in [-0.2, -0.15) is 0 Å². The second kappa shape index (κ2) is 6.62. The van der Waals surface area contributed by atoms with Crippen LogP contribution in [0.25, 0.3) is 0 Å². The number of amides is 1. The standard InChI is InChI=1S/C9H18N2O2/c1-4-5-7(2)11-9(12)8(10)6-13-3/h4,7-8H,1,5-6,10H2,2-3H3,(H,11,12). The molecular weight excluding hydrogens is 168 g/mol. The number of rotatable bonds is 6. The lowest BCUT2D eigenvalue weighted by Crippen LogP contribution is -2.46. The van der Waals surface area contributed by atoms with Gasteiger partial charge in [-0.1, -0.05) is 6.08 Å². The third-order valence-corrected chi connectivity index (χ3v) is 1.59. The van der Waals surface area contributed by atoms with Gasteiger partial charge in [0.2, 0.25) is 5.91 Å². The Hall–Kier alpha value is -0.870. The summed E-state index contributed by atoms with van der Waals surface area (Å²) in [6.45, 7) is 5.73. The molecule has 0 aromatic rings. The molecule has 2 unspecified atom stereocenters. The highest BCUT2D eigenvalue weighted by molar-refractivity contribution is 5.81. The Morgan fingerprint density at radius 1 is 1.77 bits per heavy atom. The molecule has 0 aliphatic carbocycles. The van der Waals surface area contributed by atoms with Gasteiger partial charge in [0, 0.05) is 13.2 Å². The van der Waals surface area contributed by atoms with E-state index in [2.05, 4.69) is 11.9 Å².